The van der Waals surface area contributed by atoms with E-state index >= 15 is 0 Å². The van der Waals surface area contributed by atoms with E-state index < -0.39 is 10.0 Å². The van der Waals surface area contributed by atoms with Gasteiger partial charge >= 0.3 is 0 Å². The second-order valence-electron chi connectivity index (χ2n) is 3.72. The van der Waals surface area contributed by atoms with Crippen molar-refractivity contribution in [3.8, 4) is 0 Å². The molecule has 2 aromatic rings. The lowest BCUT2D eigenvalue weighted by Crippen LogP contribution is -2.22. The van der Waals surface area contributed by atoms with Crippen molar-refractivity contribution in [2.24, 2.45) is 0 Å². The van der Waals surface area contributed by atoms with Crippen LogP contribution in [0.1, 0.15) is 10.6 Å². The van der Waals surface area contributed by atoms with E-state index in [1.54, 1.807) is 18.3 Å². The number of sulfonamides is 1. The molecule has 0 fully saturated rings. The lowest BCUT2D eigenvalue weighted by Gasteiger charge is -2.03. The molecule has 0 aliphatic rings. The van der Waals surface area contributed by atoms with Crippen LogP contribution in [-0.2, 0) is 23.0 Å². The Morgan fingerprint density at radius 2 is 2.16 bits per heavy atom. The highest BCUT2D eigenvalue weighted by Crippen LogP contribution is 2.21. The van der Waals surface area contributed by atoms with Crippen LogP contribution in [0.25, 0.3) is 0 Å². The molecule has 2 heterocycles. The molecular weight excluding hydrogens is 286 g/mol. The van der Waals surface area contributed by atoms with Crippen LogP contribution in [0, 0.1) is 0 Å². The summed E-state index contributed by atoms with van der Waals surface area (Å²) in [5.41, 5.74) is 0.603. The topological polar surface area (TPSA) is 92.2 Å². The fraction of sp³-hybridized carbons (Fsp3) is 0.273. The van der Waals surface area contributed by atoms with E-state index in [0.717, 1.165) is 16.2 Å². The molecule has 0 atom stereocenters. The zero-order valence-electron chi connectivity index (χ0n) is 9.98. The highest BCUT2D eigenvalue weighted by molar-refractivity contribution is 7.91. The van der Waals surface area contributed by atoms with Gasteiger partial charge in [0.15, 0.2) is 0 Å². The Balaban J connectivity index is 2.05. The maximum atomic E-state index is 12.0. The molecule has 0 saturated carbocycles. The van der Waals surface area contributed by atoms with Crippen molar-refractivity contribution in [3.63, 3.8) is 0 Å². The van der Waals surface area contributed by atoms with E-state index in [1.807, 2.05) is 0 Å². The summed E-state index contributed by atoms with van der Waals surface area (Å²) >= 11 is 1.16. The molecule has 2 aromatic heterocycles. The Labute approximate surface area is 115 Å². The van der Waals surface area contributed by atoms with Crippen molar-refractivity contribution >= 4 is 21.4 Å². The van der Waals surface area contributed by atoms with Gasteiger partial charge in [-0.25, -0.2) is 23.1 Å². The Morgan fingerprint density at radius 1 is 1.32 bits per heavy atom. The third-order valence-corrected chi connectivity index (χ3v) is 5.38. The summed E-state index contributed by atoms with van der Waals surface area (Å²) in [5.74, 6) is 0. The van der Waals surface area contributed by atoms with Crippen molar-refractivity contribution < 1.29 is 13.5 Å². The second kappa shape index (κ2) is 6.20. The van der Waals surface area contributed by atoms with Gasteiger partial charge in [-0.1, -0.05) is 0 Å². The smallest absolute Gasteiger partial charge is 0.250 e. The average molecular weight is 299 g/mol. The summed E-state index contributed by atoms with van der Waals surface area (Å²) in [4.78, 5) is 8.54. The number of hydrogen-bond acceptors (Lipinski definition) is 6. The first-order chi connectivity index (χ1) is 9.12. The predicted octanol–water partition coefficient (Wildman–Crippen LogP) is 0.551. The van der Waals surface area contributed by atoms with Crippen molar-refractivity contribution in [3.05, 3.63) is 41.3 Å². The SMILES string of the molecule is O=S(=O)(NCc1ccncn1)c1ccc(CCO)s1. The highest BCUT2D eigenvalue weighted by atomic mass is 32.2. The maximum Gasteiger partial charge on any atom is 0.250 e. The summed E-state index contributed by atoms with van der Waals surface area (Å²) in [6.45, 7) is 0.131. The number of thiophene rings is 1. The first kappa shape index (κ1) is 14.1. The van der Waals surface area contributed by atoms with Gasteiger partial charge in [-0.15, -0.1) is 11.3 Å². The minimum absolute atomic E-state index is 0.00830. The molecule has 102 valence electrons. The first-order valence-corrected chi connectivity index (χ1v) is 7.86. The Morgan fingerprint density at radius 3 is 2.84 bits per heavy atom. The molecule has 0 bridgehead atoms. The molecule has 2 rings (SSSR count). The standard InChI is InChI=1S/C11H13N3O3S2/c15-6-4-10-1-2-11(18-10)19(16,17)14-7-9-3-5-12-8-13-9/h1-3,5,8,14-15H,4,6-7H2. The van der Waals surface area contributed by atoms with Gasteiger partial charge in [0.25, 0.3) is 0 Å². The van der Waals surface area contributed by atoms with Gasteiger partial charge in [0.1, 0.15) is 10.5 Å². The largest absolute Gasteiger partial charge is 0.396 e. The van der Waals surface area contributed by atoms with Crippen LogP contribution in [-0.4, -0.2) is 30.1 Å². The predicted molar refractivity (Wildman–Crippen MR) is 71.2 cm³/mol. The van der Waals surface area contributed by atoms with E-state index in [4.69, 9.17) is 5.11 Å². The Kier molecular flexibility index (Phi) is 4.59. The van der Waals surface area contributed by atoms with Crippen LogP contribution >= 0.6 is 11.3 Å². The molecule has 0 saturated heterocycles. The Hall–Kier alpha value is -1.35. The number of nitrogens with zero attached hydrogens (tertiary/aromatic N) is 2. The van der Waals surface area contributed by atoms with Crippen molar-refractivity contribution in [2.45, 2.75) is 17.2 Å². The summed E-state index contributed by atoms with van der Waals surface area (Å²) in [5, 5.41) is 8.81. The number of aliphatic hydroxyl groups is 1. The molecule has 0 aliphatic heterocycles. The molecule has 0 spiro atoms. The highest BCUT2D eigenvalue weighted by Gasteiger charge is 2.16. The molecule has 2 N–H and O–H groups in total. The summed E-state index contributed by atoms with van der Waals surface area (Å²) in [7, 11) is -3.53. The molecule has 0 radical (unpaired) electrons. The summed E-state index contributed by atoms with van der Waals surface area (Å²) in [6.07, 6.45) is 3.39. The van der Waals surface area contributed by atoms with Gasteiger partial charge in [0.05, 0.1) is 12.2 Å². The fourth-order valence-electron chi connectivity index (χ4n) is 1.41. The lowest BCUT2D eigenvalue weighted by atomic mass is 10.4. The van der Waals surface area contributed by atoms with E-state index in [9.17, 15) is 8.42 Å². The number of nitrogens with one attached hydrogen (secondary N) is 1. The van der Waals surface area contributed by atoms with Gasteiger partial charge in [0.2, 0.25) is 10.0 Å². The van der Waals surface area contributed by atoms with Crippen LogP contribution in [0.3, 0.4) is 0 Å². The molecule has 0 amide bonds. The quantitative estimate of drug-likeness (QED) is 0.812. The number of aromatic nitrogens is 2. The van der Waals surface area contributed by atoms with Crippen LogP contribution in [0.2, 0.25) is 0 Å². The number of rotatable bonds is 6. The van der Waals surface area contributed by atoms with Crippen molar-refractivity contribution in [2.75, 3.05) is 6.61 Å². The van der Waals surface area contributed by atoms with Gasteiger partial charge in [-0.2, -0.15) is 0 Å². The van der Waals surface area contributed by atoms with Gasteiger partial charge < -0.3 is 5.11 Å². The van der Waals surface area contributed by atoms with Crippen LogP contribution in [0.4, 0.5) is 0 Å². The normalized spacial score (nSPS) is 11.6. The third-order valence-electron chi connectivity index (χ3n) is 2.35. The van der Waals surface area contributed by atoms with Gasteiger partial charge in [-0.05, 0) is 18.2 Å². The zero-order valence-corrected chi connectivity index (χ0v) is 11.6. The maximum absolute atomic E-state index is 12.0. The molecule has 19 heavy (non-hydrogen) atoms. The molecule has 0 unspecified atom stereocenters. The minimum Gasteiger partial charge on any atom is -0.396 e. The van der Waals surface area contributed by atoms with Crippen LogP contribution in [0.5, 0.6) is 0 Å². The van der Waals surface area contributed by atoms with Gasteiger partial charge in [0, 0.05) is 24.1 Å². The average Bonchev–Trinajstić information content (AvgIpc) is 2.88. The number of aliphatic hydroxyl groups excluding tert-OH is 1. The van der Waals surface area contributed by atoms with E-state index in [2.05, 4.69) is 14.7 Å². The first-order valence-electron chi connectivity index (χ1n) is 5.56. The fourth-order valence-corrected chi connectivity index (χ4v) is 3.80. The third kappa shape index (κ3) is 3.80. The van der Waals surface area contributed by atoms with E-state index in [0.29, 0.717) is 12.1 Å². The zero-order chi connectivity index (χ0) is 13.7. The second-order valence-corrected chi connectivity index (χ2v) is 6.88. The molecule has 0 aromatic carbocycles. The van der Waals surface area contributed by atoms with E-state index in [1.165, 1.54) is 12.4 Å². The Bertz CT molecular complexity index is 626. The van der Waals surface area contributed by atoms with Crippen molar-refractivity contribution in [1.82, 2.24) is 14.7 Å². The van der Waals surface area contributed by atoms with Crippen LogP contribution in [0.15, 0.2) is 34.9 Å². The summed E-state index contributed by atoms with van der Waals surface area (Å²) < 4.78 is 26.8. The van der Waals surface area contributed by atoms with Gasteiger partial charge in [-0.3, -0.25) is 0 Å². The van der Waals surface area contributed by atoms with Crippen LogP contribution < -0.4 is 4.72 Å². The monoisotopic (exact) mass is 299 g/mol. The lowest BCUT2D eigenvalue weighted by molar-refractivity contribution is 0.300. The molecular formula is C11H13N3O3S2. The summed E-state index contributed by atoms with van der Waals surface area (Å²) in [6, 6.07) is 4.90. The van der Waals surface area contributed by atoms with E-state index in [-0.39, 0.29) is 17.4 Å². The molecule has 6 nitrogen and oxygen atoms in total. The number of hydrogen-bond donors (Lipinski definition) is 2. The molecule has 8 heteroatoms. The van der Waals surface area contributed by atoms with Crippen molar-refractivity contribution in [1.29, 1.82) is 0 Å². The molecule has 0 aliphatic carbocycles. The minimum atomic E-state index is -3.53.